The van der Waals surface area contributed by atoms with E-state index in [0.717, 1.165) is 23.6 Å². The van der Waals surface area contributed by atoms with Crippen molar-refractivity contribution in [2.75, 3.05) is 18.4 Å². The normalized spacial score (nSPS) is 16.9. The Kier molecular flexibility index (Phi) is 5.80. The number of likely N-dealkylation sites (tertiary alicyclic amines) is 1. The van der Waals surface area contributed by atoms with Crippen molar-refractivity contribution in [2.45, 2.75) is 26.7 Å². The SMILES string of the molecule is Cc1cc(C)cc(C(=O)N2CCC[C@H](C(=O)Nc3ccc(Cl)cc3F)C2)c1. The van der Waals surface area contributed by atoms with Crippen LogP contribution < -0.4 is 5.32 Å². The first-order valence-electron chi connectivity index (χ1n) is 8.97. The number of nitrogens with one attached hydrogen (secondary N) is 1. The lowest BCUT2D eigenvalue weighted by molar-refractivity contribution is -0.121. The molecule has 2 aromatic carbocycles. The fraction of sp³-hybridized carbons (Fsp3) is 0.333. The number of rotatable bonds is 3. The number of nitrogens with zero attached hydrogens (tertiary/aromatic N) is 1. The molecule has 2 amide bonds. The molecule has 1 heterocycles. The molecule has 6 heteroatoms. The van der Waals surface area contributed by atoms with E-state index in [9.17, 15) is 14.0 Å². The maximum atomic E-state index is 13.9. The minimum Gasteiger partial charge on any atom is -0.338 e. The van der Waals surface area contributed by atoms with E-state index in [2.05, 4.69) is 5.32 Å². The van der Waals surface area contributed by atoms with Crippen LogP contribution in [0.25, 0.3) is 0 Å². The predicted molar refractivity (Wildman–Crippen MR) is 105 cm³/mol. The third-order valence-corrected chi connectivity index (χ3v) is 4.97. The largest absolute Gasteiger partial charge is 0.338 e. The Bertz CT molecular complexity index is 864. The van der Waals surface area contributed by atoms with Crippen molar-refractivity contribution >= 4 is 29.1 Å². The zero-order valence-electron chi connectivity index (χ0n) is 15.4. The van der Waals surface area contributed by atoms with Gasteiger partial charge < -0.3 is 10.2 Å². The number of hydrogen-bond donors (Lipinski definition) is 1. The molecule has 1 aliphatic heterocycles. The van der Waals surface area contributed by atoms with E-state index in [-0.39, 0.29) is 28.4 Å². The second kappa shape index (κ2) is 8.09. The van der Waals surface area contributed by atoms with Crippen LogP contribution in [0.4, 0.5) is 10.1 Å². The van der Waals surface area contributed by atoms with Gasteiger partial charge in [-0.2, -0.15) is 0 Å². The molecule has 0 spiro atoms. The summed E-state index contributed by atoms with van der Waals surface area (Å²) in [4.78, 5) is 27.1. The highest BCUT2D eigenvalue weighted by atomic mass is 35.5. The summed E-state index contributed by atoms with van der Waals surface area (Å²) in [6, 6.07) is 9.87. The standard InChI is InChI=1S/C21H22ClFN2O2/c1-13-8-14(2)10-16(9-13)21(27)25-7-3-4-15(12-25)20(26)24-19-6-5-17(22)11-18(19)23/h5-6,8-11,15H,3-4,7,12H2,1-2H3,(H,24,26)/t15-/m0/s1. The summed E-state index contributed by atoms with van der Waals surface area (Å²) in [5.74, 6) is -1.30. The number of carbonyl (C=O) groups is 2. The lowest BCUT2D eigenvalue weighted by atomic mass is 9.96. The summed E-state index contributed by atoms with van der Waals surface area (Å²) >= 11 is 5.74. The molecule has 1 aliphatic rings. The van der Waals surface area contributed by atoms with Gasteiger partial charge in [-0.1, -0.05) is 28.8 Å². The average Bonchev–Trinajstić information content (AvgIpc) is 2.62. The highest BCUT2D eigenvalue weighted by Crippen LogP contribution is 2.23. The summed E-state index contributed by atoms with van der Waals surface area (Å²) in [7, 11) is 0. The Morgan fingerprint density at radius 1 is 1.15 bits per heavy atom. The summed E-state index contributed by atoms with van der Waals surface area (Å²) in [5.41, 5.74) is 2.80. The minimum absolute atomic E-state index is 0.0722. The van der Waals surface area contributed by atoms with E-state index < -0.39 is 5.82 Å². The molecule has 142 valence electrons. The predicted octanol–water partition coefficient (Wildman–Crippen LogP) is 4.59. The molecular weight excluding hydrogens is 367 g/mol. The molecule has 2 aromatic rings. The molecule has 0 radical (unpaired) electrons. The van der Waals surface area contributed by atoms with Crippen LogP contribution >= 0.6 is 11.6 Å². The Hall–Kier alpha value is -2.40. The van der Waals surface area contributed by atoms with Gasteiger partial charge >= 0.3 is 0 Å². The van der Waals surface area contributed by atoms with Crippen molar-refractivity contribution in [1.29, 1.82) is 0 Å². The van der Waals surface area contributed by atoms with Gasteiger partial charge in [0.25, 0.3) is 5.91 Å². The van der Waals surface area contributed by atoms with Crippen LogP contribution in [-0.4, -0.2) is 29.8 Å². The third-order valence-electron chi connectivity index (χ3n) is 4.74. The number of amides is 2. The molecule has 1 N–H and O–H groups in total. The molecule has 0 unspecified atom stereocenters. The number of anilines is 1. The van der Waals surface area contributed by atoms with Crippen LogP contribution in [0.1, 0.15) is 34.3 Å². The van der Waals surface area contributed by atoms with E-state index in [1.165, 1.54) is 12.1 Å². The lowest BCUT2D eigenvalue weighted by Crippen LogP contribution is -2.43. The van der Waals surface area contributed by atoms with Gasteiger partial charge in [0.1, 0.15) is 5.82 Å². The zero-order valence-corrected chi connectivity index (χ0v) is 16.1. The van der Waals surface area contributed by atoms with E-state index in [1.54, 1.807) is 4.90 Å². The van der Waals surface area contributed by atoms with Crippen LogP contribution in [0.2, 0.25) is 5.02 Å². The molecule has 3 rings (SSSR count). The zero-order chi connectivity index (χ0) is 19.6. The highest BCUT2D eigenvalue weighted by Gasteiger charge is 2.29. The number of piperidine rings is 1. The van der Waals surface area contributed by atoms with Crippen molar-refractivity contribution in [3.8, 4) is 0 Å². The summed E-state index contributed by atoms with van der Waals surface area (Å²) in [6.07, 6.45) is 1.40. The van der Waals surface area contributed by atoms with E-state index >= 15 is 0 Å². The van der Waals surface area contributed by atoms with Gasteiger partial charge in [-0.25, -0.2) is 4.39 Å². The summed E-state index contributed by atoms with van der Waals surface area (Å²) < 4.78 is 13.9. The van der Waals surface area contributed by atoms with Gasteiger partial charge in [0.15, 0.2) is 0 Å². The fourth-order valence-corrected chi connectivity index (χ4v) is 3.64. The van der Waals surface area contributed by atoms with Gasteiger partial charge in [0.2, 0.25) is 5.91 Å². The van der Waals surface area contributed by atoms with Gasteiger partial charge in [0, 0.05) is 23.7 Å². The summed E-state index contributed by atoms with van der Waals surface area (Å²) in [5, 5.41) is 2.89. The van der Waals surface area contributed by atoms with Gasteiger partial charge in [0.05, 0.1) is 11.6 Å². The van der Waals surface area contributed by atoms with Crippen molar-refractivity contribution in [3.05, 3.63) is 63.9 Å². The molecule has 1 saturated heterocycles. The number of aryl methyl sites for hydroxylation is 2. The first-order valence-corrected chi connectivity index (χ1v) is 9.35. The Morgan fingerprint density at radius 2 is 1.85 bits per heavy atom. The van der Waals surface area contributed by atoms with Crippen molar-refractivity contribution in [1.82, 2.24) is 4.90 Å². The maximum absolute atomic E-state index is 13.9. The second-order valence-corrected chi connectivity index (χ2v) is 7.52. The number of carbonyl (C=O) groups excluding carboxylic acids is 2. The van der Waals surface area contributed by atoms with E-state index in [4.69, 9.17) is 11.6 Å². The topological polar surface area (TPSA) is 49.4 Å². The van der Waals surface area contributed by atoms with E-state index in [1.807, 2.05) is 32.0 Å². The Morgan fingerprint density at radius 3 is 2.52 bits per heavy atom. The fourth-order valence-electron chi connectivity index (χ4n) is 3.48. The third kappa shape index (κ3) is 4.66. The molecule has 1 atom stereocenters. The van der Waals surface area contributed by atoms with E-state index in [0.29, 0.717) is 25.1 Å². The first-order chi connectivity index (χ1) is 12.8. The first kappa shape index (κ1) is 19.4. The Balaban J connectivity index is 1.69. The molecular formula is C21H22ClFN2O2. The van der Waals surface area contributed by atoms with Crippen LogP contribution in [0.5, 0.6) is 0 Å². The molecule has 0 bridgehead atoms. The minimum atomic E-state index is -0.574. The maximum Gasteiger partial charge on any atom is 0.253 e. The molecule has 0 aromatic heterocycles. The average molecular weight is 389 g/mol. The number of benzene rings is 2. The molecule has 0 aliphatic carbocycles. The molecule has 0 saturated carbocycles. The Labute approximate surface area is 163 Å². The van der Waals surface area contributed by atoms with Crippen LogP contribution in [0.15, 0.2) is 36.4 Å². The van der Waals surface area contributed by atoms with Crippen LogP contribution in [-0.2, 0) is 4.79 Å². The van der Waals surface area contributed by atoms with Crippen molar-refractivity contribution in [2.24, 2.45) is 5.92 Å². The highest BCUT2D eigenvalue weighted by molar-refractivity contribution is 6.30. The molecule has 4 nitrogen and oxygen atoms in total. The molecule has 27 heavy (non-hydrogen) atoms. The molecule has 1 fully saturated rings. The summed E-state index contributed by atoms with van der Waals surface area (Å²) in [6.45, 7) is 4.85. The smallest absolute Gasteiger partial charge is 0.253 e. The lowest BCUT2D eigenvalue weighted by Gasteiger charge is -2.32. The van der Waals surface area contributed by atoms with Crippen LogP contribution in [0.3, 0.4) is 0 Å². The van der Waals surface area contributed by atoms with Crippen molar-refractivity contribution < 1.29 is 14.0 Å². The number of hydrogen-bond acceptors (Lipinski definition) is 2. The van der Waals surface area contributed by atoms with Gasteiger partial charge in [-0.05, 0) is 57.0 Å². The van der Waals surface area contributed by atoms with Crippen LogP contribution in [0, 0.1) is 25.6 Å². The van der Waals surface area contributed by atoms with Crippen molar-refractivity contribution in [3.63, 3.8) is 0 Å². The second-order valence-electron chi connectivity index (χ2n) is 7.08. The quantitative estimate of drug-likeness (QED) is 0.836. The van der Waals surface area contributed by atoms with Gasteiger partial charge in [-0.15, -0.1) is 0 Å². The monoisotopic (exact) mass is 388 g/mol. The van der Waals surface area contributed by atoms with Gasteiger partial charge in [-0.3, -0.25) is 9.59 Å². The number of halogens is 2.